The fraction of sp³-hybridized carbons (Fsp3) is 0.455. The summed E-state index contributed by atoms with van der Waals surface area (Å²) in [5, 5.41) is 0. The van der Waals surface area contributed by atoms with Gasteiger partial charge in [0.15, 0.2) is 15.5 Å². The molecule has 1 fully saturated rings. The average molecular weight is 487 g/mol. The molecule has 0 bridgehead atoms. The summed E-state index contributed by atoms with van der Waals surface area (Å²) in [5.41, 5.74) is 1.16. The van der Waals surface area contributed by atoms with Crippen LogP contribution in [0, 0.1) is 0 Å². The van der Waals surface area contributed by atoms with Gasteiger partial charge in [0, 0.05) is 39.5 Å². The van der Waals surface area contributed by atoms with E-state index in [1.54, 1.807) is 30.1 Å². The number of thiazole rings is 1. The molecule has 0 amide bonds. The maximum absolute atomic E-state index is 13.1. The van der Waals surface area contributed by atoms with Crippen molar-refractivity contribution < 1.29 is 4.74 Å². The molecule has 0 unspecified atom stereocenters. The van der Waals surface area contributed by atoms with Gasteiger partial charge in [0.1, 0.15) is 0 Å². The number of ether oxygens (including phenoxy) is 1. The molecule has 1 aliphatic rings. The molecule has 3 aromatic heterocycles. The second-order valence-electron chi connectivity index (χ2n) is 8.40. The lowest BCUT2D eigenvalue weighted by molar-refractivity contribution is -0.00586. The summed E-state index contributed by atoms with van der Waals surface area (Å²) in [6, 6.07) is 8.10. The van der Waals surface area contributed by atoms with E-state index in [2.05, 4.69) is 11.0 Å². The Bertz CT molecular complexity index is 1410. The normalized spacial score (nSPS) is 19.1. The average Bonchev–Trinajstić information content (AvgIpc) is 3.37. The Kier molecular flexibility index (Phi) is 5.79. The van der Waals surface area contributed by atoms with Crippen LogP contribution in [-0.4, -0.2) is 54.7 Å². The van der Waals surface area contributed by atoms with Crippen LogP contribution in [0.1, 0.15) is 13.8 Å². The van der Waals surface area contributed by atoms with E-state index in [9.17, 15) is 9.59 Å². The van der Waals surface area contributed by atoms with Crippen LogP contribution >= 0.6 is 23.1 Å². The molecule has 0 spiro atoms. The lowest BCUT2D eigenvalue weighted by Crippen LogP contribution is -2.46. The Balaban J connectivity index is 1.53. The van der Waals surface area contributed by atoms with Crippen LogP contribution in [0.5, 0.6) is 0 Å². The molecular weight excluding hydrogens is 460 g/mol. The Labute approximate surface area is 198 Å². The first-order valence-electron chi connectivity index (χ1n) is 10.9. The van der Waals surface area contributed by atoms with Crippen molar-refractivity contribution in [3.63, 3.8) is 0 Å². The molecule has 2 atom stereocenters. The van der Waals surface area contributed by atoms with Gasteiger partial charge in [-0.25, -0.2) is 9.78 Å². The zero-order valence-electron chi connectivity index (χ0n) is 19.0. The molecule has 9 nitrogen and oxygen atoms in total. The van der Waals surface area contributed by atoms with Gasteiger partial charge in [-0.1, -0.05) is 23.9 Å². The number of hydrogen-bond donors (Lipinski definition) is 0. The molecule has 11 heteroatoms. The number of fused-ring (bicyclic) bond motifs is 2. The van der Waals surface area contributed by atoms with Gasteiger partial charge in [0.25, 0.3) is 5.56 Å². The summed E-state index contributed by atoms with van der Waals surface area (Å²) in [5.74, 6) is 1.43. The predicted molar refractivity (Wildman–Crippen MR) is 133 cm³/mol. The predicted octanol–water partition coefficient (Wildman–Crippen LogP) is 2.45. The van der Waals surface area contributed by atoms with Gasteiger partial charge >= 0.3 is 5.69 Å². The fourth-order valence-corrected chi connectivity index (χ4v) is 6.43. The number of nitrogens with zero attached hydrogens (tertiary/aromatic N) is 6. The summed E-state index contributed by atoms with van der Waals surface area (Å²) in [6.07, 6.45) is 0.0941. The lowest BCUT2D eigenvalue weighted by Gasteiger charge is -2.36. The summed E-state index contributed by atoms with van der Waals surface area (Å²) in [4.78, 5) is 37.3. The number of benzene rings is 1. The quantitative estimate of drug-likeness (QED) is 0.401. The lowest BCUT2D eigenvalue weighted by atomic mass is 10.2. The van der Waals surface area contributed by atoms with Gasteiger partial charge in [-0.2, -0.15) is 4.98 Å². The third-order valence-electron chi connectivity index (χ3n) is 5.84. The first kappa shape index (κ1) is 22.2. The highest BCUT2D eigenvalue weighted by Gasteiger charge is 2.28. The molecular formula is C22H26N6O3S2. The zero-order valence-corrected chi connectivity index (χ0v) is 20.7. The van der Waals surface area contributed by atoms with E-state index in [-0.39, 0.29) is 23.5 Å². The van der Waals surface area contributed by atoms with Gasteiger partial charge in [0.2, 0.25) is 5.95 Å². The molecule has 1 aromatic carbocycles. The second-order valence-corrected chi connectivity index (χ2v) is 10.8. The molecule has 0 N–H and O–H groups in total. The van der Waals surface area contributed by atoms with E-state index in [0.29, 0.717) is 36.7 Å². The van der Waals surface area contributed by atoms with Crippen molar-refractivity contribution in [1.82, 2.24) is 23.7 Å². The summed E-state index contributed by atoms with van der Waals surface area (Å²) >= 11 is 3.33. The van der Waals surface area contributed by atoms with Crippen LogP contribution in [0.4, 0.5) is 5.95 Å². The second kappa shape index (κ2) is 8.62. The minimum Gasteiger partial charge on any atom is -0.372 e. The van der Waals surface area contributed by atoms with Gasteiger partial charge in [-0.3, -0.25) is 13.9 Å². The van der Waals surface area contributed by atoms with Crippen LogP contribution < -0.4 is 16.1 Å². The number of aromatic nitrogens is 5. The Morgan fingerprint density at radius 1 is 1.09 bits per heavy atom. The molecule has 0 saturated carbocycles. The van der Waals surface area contributed by atoms with Crippen LogP contribution in [0.2, 0.25) is 0 Å². The molecule has 4 aromatic rings. The van der Waals surface area contributed by atoms with E-state index in [1.165, 1.54) is 11.6 Å². The van der Waals surface area contributed by atoms with Crippen molar-refractivity contribution in [3.8, 4) is 0 Å². The van der Waals surface area contributed by atoms with Crippen molar-refractivity contribution in [2.45, 2.75) is 36.9 Å². The van der Waals surface area contributed by atoms with Crippen LogP contribution in [0.3, 0.4) is 0 Å². The van der Waals surface area contributed by atoms with Gasteiger partial charge in [0.05, 0.1) is 22.4 Å². The van der Waals surface area contributed by atoms with Crippen molar-refractivity contribution in [1.29, 1.82) is 0 Å². The number of hydrogen-bond acceptors (Lipinski definition) is 8. The monoisotopic (exact) mass is 486 g/mol. The maximum Gasteiger partial charge on any atom is 0.332 e. The molecule has 1 saturated heterocycles. The first-order valence-corrected chi connectivity index (χ1v) is 12.7. The smallest absolute Gasteiger partial charge is 0.332 e. The highest BCUT2D eigenvalue weighted by Crippen LogP contribution is 2.30. The molecule has 1 aliphatic heterocycles. The Hall–Kier alpha value is -2.63. The number of rotatable bonds is 5. The van der Waals surface area contributed by atoms with Gasteiger partial charge in [-0.05, 0) is 26.0 Å². The van der Waals surface area contributed by atoms with Crippen molar-refractivity contribution in [2.24, 2.45) is 14.1 Å². The van der Waals surface area contributed by atoms with Crippen LogP contribution in [0.15, 0.2) is 38.2 Å². The van der Waals surface area contributed by atoms with Crippen molar-refractivity contribution in [2.75, 3.05) is 23.7 Å². The minimum absolute atomic E-state index is 0.0470. The third-order valence-corrected chi connectivity index (χ3v) is 8.00. The topological polar surface area (TPSA) is 87.2 Å². The van der Waals surface area contributed by atoms with Crippen LogP contribution in [-0.2, 0) is 25.4 Å². The fourth-order valence-electron chi connectivity index (χ4n) is 4.37. The zero-order chi connectivity index (χ0) is 23.3. The van der Waals surface area contributed by atoms with Crippen LogP contribution in [0.25, 0.3) is 21.4 Å². The minimum atomic E-state index is -0.378. The van der Waals surface area contributed by atoms with Crippen molar-refractivity contribution in [3.05, 3.63) is 45.1 Å². The largest absolute Gasteiger partial charge is 0.372 e. The number of para-hydroxylation sites is 1. The number of morpholine rings is 1. The van der Waals surface area contributed by atoms with E-state index < -0.39 is 0 Å². The van der Waals surface area contributed by atoms with E-state index in [0.717, 1.165) is 24.9 Å². The molecule has 174 valence electrons. The van der Waals surface area contributed by atoms with E-state index in [4.69, 9.17) is 14.7 Å². The third kappa shape index (κ3) is 3.98. The number of anilines is 1. The first-order chi connectivity index (χ1) is 15.8. The standard InChI is InChI=1S/C22H26N6O3S2/c1-13-11-27(12-14(2)31-13)20-24-18-17(19(29)26(4)22(30)25(18)3)28(20)9-10-32-21-23-15-7-5-6-8-16(15)33-21/h5-8,13-14H,9-12H2,1-4H3/t13-,14-/m0/s1. The van der Waals surface area contributed by atoms with Crippen molar-refractivity contribution >= 4 is 50.4 Å². The number of imidazole rings is 1. The highest BCUT2D eigenvalue weighted by molar-refractivity contribution is 8.01. The summed E-state index contributed by atoms with van der Waals surface area (Å²) in [6.45, 7) is 5.99. The number of aryl methyl sites for hydroxylation is 2. The molecule has 5 rings (SSSR count). The summed E-state index contributed by atoms with van der Waals surface area (Å²) in [7, 11) is 3.17. The van der Waals surface area contributed by atoms with E-state index in [1.807, 2.05) is 36.6 Å². The molecule has 33 heavy (non-hydrogen) atoms. The Morgan fingerprint density at radius 2 is 1.82 bits per heavy atom. The van der Waals surface area contributed by atoms with Gasteiger partial charge in [-0.15, -0.1) is 11.3 Å². The van der Waals surface area contributed by atoms with E-state index >= 15 is 0 Å². The maximum atomic E-state index is 13.1. The molecule has 4 heterocycles. The van der Waals surface area contributed by atoms with Gasteiger partial charge < -0.3 is 14.2 Å². The Morgan fingerprint density at radius 3 is 2.55 bits per heavy atom. The molecule has 0 radical (unpaired) electrons. The summed E-state index contributed by atoms with van der Waals surface area (Å²) < 4.78 is 12.6. The SMILES string of the molecule is C[C@H]1CN(c2nc3c(c(=O)n(C)c(=O)n3C)n2CCSc2nc3ccccc3s2)C[C@H](C)O1. The molecule has 0 aliphatic carbocycles. The highest BCUT2D eigenvalue weighted by atomic mass is 32.2. The number of thioether (sulfide) groups is 1.